The van der Waals surface area contributed by atoms with Crippen molar-refractivity contribution in [3.05, 3.63) is 47.5 Å². The first-order valence-corrected chi connectivity index (χ1v) is 6.55. The van der Waals surface area contributed by atoms with Crippen LogP contribution in [0, 0.1) is 6.92 Å². The molecule has 3 nitrogen and oxygen atoms in total. The molecule has 2 rings (SSSR count). The van der Waals surface area contributed by atoms with Gasteiger partial charge in [-0.25, -0.2) is 4.98 Å². The Morgan fingerprint density at radius 2 is 1.67 bits per heavy atom. The lowest BCUT2D eigenvalue weighted by atomic mass is 10.2. The highest BCUT2D eigenvalue weighted by Crippen LogP contribution is 2.32. The van der Waals surface area contributed by atoms with E-state index in [1.54, 1.807) is 19.1 Å². The zero-order chi connectivity index (χ0) is 15.5. The smallest absolute Gasteiger partial charge is 0.370 e. The lowest BCUT2D eigenvalue weighted by Gasteiger charge is -2.13. The van der Waals surface area contributed by atoms with E-state index in [-0.39, 0.29) is 11.6 Å². The summed E-state index contributed by atoms with van der Waals surface area (Å²) in [5.41, 5.74) is 1.03. The molecule has 0 spiro atoms. The maximum Gasteiger partial charge on any atom is 0.416 e. The number of hydrogen-bond acceptors (Lipinski definition) is 3. The number of alkyl halides is 3. The highest BCUT2D eigenvalue weighted by molar-refractivity contribution is 5.60. The highest BCUT2D eigenvalue weighted by atomic mass is 19.4. The number of rotatable bonds is 4. The number of hydrogen-bond donors (Lipinski definition) is 2. The normalized spacial score (nSPS) is 11.3. The summed E-state index contributed by atoms with van der Waals surface area (Å²) in [7, 11) is 0. The SMILES string of the molecule is CCNc1cc(C(F)(F)F)cc(Nc2ccc(C)cc2)n1. The topological polar surface area (TPSA) is 37.0 Å². The molecule has 0 radical (unpaired) electrons. The van der Waals surface area contributed by atoms with Crippen molar-refractivity contribution in [1.82, 2.24) is 4.98 Å². The number of halogens is 3. The van der Waals surface area contributed by atoms with Crippen molar-refractivity contribution < 1.29 is 13.2 Å². The van der Waals surface area contributed by atoms with E-state index in [0.29, 0.717) is 12.2 Å². The molecular formula is C15H16F3N3. The standard InChI is InChI=1S/C15H16F3N3/c1-3-19-13-8-11(15(16,17)18)9-14(21-13)20-12-6-4-10(2)5-7-12/h4-9H,3H2,1-2H3,(H2,19,20,21). The summed E-state index contributed by atoms with van der Waals surface area (Å²) in [6, 6.07) is 9.35. The van der Waals surface area contributed by atoms with E-state index >= 15 is 0 Å². The van der Waals surface area contributed by atoms with Gasteiger partial charge in [-0.1, -0.05) is 17.7 Å². The molecule has 0 aliphatic rings. The molecule has 112 valence electrons. The predicted octanol–water partition coefficient (Wildman–Crippen LogP) is 4.58. The second kappa shape index (κ2) is 6.03. The van der Waals surface area contributed by atoms with Crippen LogP contribution in [0.1, 0.15) is 18.1 Å². The zero-order valence-corrected chi connectivity index (χ0v) is 11.8. The van der Waals surface area contributed by atoms with Gasteiger partial charge < -0.3 is 10.6 Å². The lowest BCUT2D eigenvalue weighted by Crippen LogP contribution is -2.09. The average Bonchev–Trinajstić information content (AvgIpc) is 2.41. The molecule has 1 heterocycles. The molecule has 0 amide bonds. The van der Waals surface area contributed by atoms with Gasteiger partial charge in [-0.2, -0.15) is 13.2 Å². The summed E-state index contributed by atoms with van der Waals surface area (Å²) < 4.78 is 38.7. The molecule has 0 atom stereocenters. The molecule has 21 heavy (non-hydrogen) atoms. The van der Waals surface area contributed by atoms with E-state index in [2.05, 4.69) is 15.6 Å². The van der Waals surface area contributed by atoms with Gasteiger partial charge in [-0.15, -0.1) is 0 Å². The van der Waals surface area contributed by atoms with Crippen molar-refractivity contribution in [1.29, 1.82) is 0 Å². The number of benzene rings is 1. The summed E-state index contributed by atoms with van der Waals surface area (Å²) >= 11 is 0. The minimum absolute atomic E-state index is 0.157. The summed E-state index contributed by atoms with van der Waals surface area (Å²) in [5.74, 6) is 0.353. The molecule has 0 bridgehead atoms. The van der Waals surface area contributed by atoms with Crippen LogP contribution >= 0.6 is 0 Å². The zero-order valence-electron chi connectivity index (χ0n) is 11.8. The molecule has 6 heteroatoms. The Hall–Kier alpha value is -2.24. The van der Waals surface area contributed by atoms with E-state index in [9.17, 15) is 13.2 Å². The van der Waals surface area contributed by atoms with Gasteiger partial charge in [0.1, 0.15) is 11.6 Å². The van der Waals surface area contributed by atoms with Crippen LogP contribution in [0.15, 0.2) is 36.4 Å². The van der Waals surface area contributed by atoms with Gasteiger partial charge in [0.15, 0.2) is 0 Å². The summed E-state index contributed by atoms with van der Waals surface area (Å²) in [5, 5.41) is 5.70. The van der Waals surface area contributed by atoms with E-state index < -0.39 is 11.7 Å². The third-order valence-corrected chi connectivity index (χ3v) is 2.83. The fraction of sp³-hybridized carbons (Fsp3) is 0.267. The summed E-state index contributed by atoms with van der Waals surface area (Å²) in [6.07, 6.45) is -4.41. The maximum absolute atomic E-state index is 12.9. The van der Waals surface area contributed by atoms with Crippen molar-refractivity contribution in [3.63, 3.8) is 0 Å². The van der Waals surface area contributed by atoms with Crippen LogP contribution in [-0.2, 0) is 6.18 Å². The fourth-order valence-electron chi connectivity index (χ4n) is 1.81. The van der Waals surface area contributed by atoms with Crippen LogP contribution < -0.4 is 10.6 Å². The van der Waals surface area contributed by atoms with E-state index in [0.717, 1.165) is 17.7 Å². The molecule has 2 aromatic rings. The number of anilines is 3. The van der Waals surface area contributed by atoms with Gasteiger partial charge in [-0.3, -0.25) is 0 Å². The van der Waals surface area contributed by atoms with E-state index in [1.807, 2.05) is 19.1 Å². The van der Waals surface area contributed by atoms with Gasteiger partial charge in [0, 0.05) is 12.2 Å². The maximum atomic E-state index is 12.9. The molecule has 1 aromatic heterocycles. The molecule has 2 N–H and O–H groups in total. The van der Waals surface area contributed by atoms with Gasteiger partial charge in [0.25, 0.3) is 0 Å². The largest absolute Gasteiger partial charge is 0.416 e. The van der Waals surface area contributed by atoms with Crippen molar-refractivity contribution in [2.24, 2.45) is 0 Å². The first-order valence-electron chi connectivity index (χ1n) is 6.55. The number of nitrogens with zero attached hydrogens (tertiary/aromatic N) is 1. The van der Waals surface area contributed by atoms with Crippen molar-refractivity contribution in [2.45, 2.75) is 20.0 Å². The Balaban J connectivity index is 2.33. The summed E-state index contributed by atoms with van der Waals surface area (Å²) in [6.45, 7) is 4.24. The van der Waals surface area contributed by atoms with Crippen LogP contribution in [0.5, 0.6) is 0 Å². The monoisotopic (exact) mass is 295 g/mol. The third kappa shape index (κ3) is 4.11. The lowest BCUT2D eigenvalue weighted by molar-refractivity contribution is -0.137. The molecule has 0 saturated carbocycles. The van der Waals surface area contributed by atoms with Gasteiger partial charge in [0.05, 0.1) is 5.56 Å². The number of pyridine rings is 1. The highest BCUT2D eigenvalue weighted by Gasteiger charge is 2.31. The van der Waals surface area contributed by atoms with E-state index in [4.69, 9.17) is 0 Å². The van der Waals surface area contributed by atoms with Crippen LogP contribution in [-0.4, -0.2) is 11.5 Å². The average molecular weight is 295 g/mol. The molecule has 0 unspecified atom stereocenters. The van der Waals surface area contributed by atoms with Crippen LogP contribution in [0.2, 0.25) is 0 Å². The second-order valence-corrected chi connectivity index (χ2v) is 4.65. The first-order chi connectivity index (χ1) is 9.88. The Morgan fingerprint density at radius 1 is 1.05 bits per heavy atom. The molecule has 1 aromatic carbocycles. The fourth-order valence-corrected chi connectivity index (χ4v) is 1.81. The van der Waals surface area contributed by atoms with Crippen LogP contribution in [0.3, 0.4) is 0 Å². The summed E-state index contributed by atoms with van der Waals surface area (Å²) in [4.78, 5) is 4.13. The van der Waals surface area contributed by atoms with Crippen molar-refractivity contribution in [3.8, 4) is 0 Å². The third-order valence-electron chi connectivity index (χ3n) is 2.83. The van der Waals surface area contributed by atoms with Crippen LogP contribution in [0.25, 0.3) is 0 Å². The van der Waals surface area contributed by atoms with Crippen molar-refractivity contribution in [2.75, 3.05) is 17.2 Å². The Bertz CT molecular complexity index is 607. The molecule has 0 saturated heterocycles. The second-order valence-electron chi connectivity index (χ2n) is 4.65. The quantitative estimate of drug-likeness (QED) is 0.866. The molecular weight excluding hydrogens is 279 g/mol. The van der Waals surface area contributed by atoms with Crippen molar-refractivity contribution >= 4 is 17.3 Å². The Labute approximate surface area is 121 Å². The molecule has 0 fully saturated rings. The van der Waals surface area contributed by atoms with Gasteiger partial charge in [-0.05, 0) is 38.1 Å². The predicted molar refractivity (Wildman–Crippen MR) is 77.9 cm³/mol. The number of aromatic nitrogens is 1. The molecule has 0 aliphatic carbocycles. The molecule has 0 aliphatic heterocycles. The Morgan fingerprint density at radius 3 is 2.24 bits per heavy atom. The number of nitrogens with one attached hydrogen (secondary N) is 2. The van der Waals surface area contributed by atoms with Crippen LogP contribution in [0.4, 0.5) is 30.5 Å². The minimum atomic E-state index is -4.41. The Kier molecular flexibility index (Phi) is 4.35. The first kappa shape index (κ1) is 15.2. The minimum Gasteiger partial charge on any atom is -0.370 e. The van der Waals surface area contributed by atoms with Gasteiger partial charge >= 0.3 is 6.18 Å². The van der Waals surface area contributed by atoms with Gasteiger partial charge in [0.2, 0.25) is 0 Å². The number of aryl methyl sites for hydroxylation is 1. The van der Waals surface area contributed by atoms with E-state index in [1.165, 1.54) is 0 Å².